The van der Waals surface area contributed by atoms with Crippen molar-refractivity contribution >= 4 is 43.5 Å². The van der Waals surface area contributed by atoms with Crippen LogP contribution in [0.15, 0.2) is 83.3 Å². The lowest BCUT2D eigenvalue weighted by atomic mass is 10.00. The number of nitrogens with zero attached hydrogens (tertiary/aromatic N) is 2. The first-order chi connectivity index (χ1) is 20.6. The molecular weight excluding hydrogens is 564 g/mol. The molecule has 0 saturated carbocycles. The second-order valence-electron chi connectivity index (χ2n) is 10.4. The molecule has 2 N–H and O–H groups in total. The van der Waals surface area contributed by atoms with E-state index in [2.05, 4.69) is 10.3 Å². The summed E-state index contributed by atoms with van der Waals surface area (Å²) >= 11 is 0. The molecular formula is C33H30N4O5S. The number of sulfonamides is 1. The number of carbonyl (C=O) groups is 1. The van der Waals surface area contributed by atoms with E-state index >= 15 is 0 Å². The molecule has 218 valence electrons. The van der Waals surface area contributed by atoms with Gasteiger partial charge in [-0.25, -0.2) is 13.4 Å². The van der Waals surface area contributed by atoms with Gasteiger partial charge in [-0.05, 0) is 25.1 Å². The number of aromatic amines is 1. The minimum atomic E-state index is -3.68. The molecule has 0 radical (unpaired) electrons. The number of ether oxygens (including phenoxy) is 1. The fourth-order valence-corrected chi connectivity index (χ4v) is 5.65. The van der Waals surface area contributed by atoms with E-state index in [9.17, 15) is 13.2 Å². The second kappa shape index (κ2) is 10.6. The van der Waals surface area contributed by atoms with E-state index in [0.29, 0.717) is 50.7 Å². The summed E-state index contributed by atoms with van der Waals surface area (Å²) < 4.78 is 38.8. The van der Waals surface area contributed by atoms with Crippen molar-refractivity contribution in [1.82, 2.24) is 15.3 Å². The molecule has 3 aromatic carbocycles. The molecule has 3 heterocycles. The molecule has 0 aliphatic carbocycles. The number of nitrogens with one attached hydrogen (secondary N) is 2. The minimum absolute atomic E-state index is 0.332. The Morgan fingerprint density at radius 3 is 2.40 bits per heavy atom. The van der Waals surface area contributed by atoms with Gasteiger partial charge in [-0.15, -0.1) is 0 Å². The molecule has 0 fully saturated rings. The van der Waals surface area contributed by atoms with E-state index < -0.39 is 10.0 Å². The summed E-state index contributed by atoms with van der Waals surface area (Å²) in [5.41, 5.74) is 6.12. The van der Waals surface area contributed by atoms with Crippen LogP contribution in [0.1, 0.15) is 15.9 Å². The van der Waals surface area contributed by atoms with E-state index in [-0.39, 0.29) is 5.91 Å². The largest absolute Gasteiger partial charge is 0.497 e. The number of hydrogen-bond acceptors (Lipinski definition) is 6. The number of methoxy groups -OCH3 is 1. The van der Waals surface area contributed by atoms with E-state index in [4.69, 9.17) is 14.1 Å². The normalized spacial score (nSPS) is 11.7. The SMILES string of the molecule is CNC(=O)c1c(-c2ccc(C)cc2)oc2cc(N(C)S(C)(=O)=O)c(-c3cc(OC)cc(-c4cc5ccccc5[nH]4)n3)cc12. The molecule has 9 nitrogen and oxygen atoms in total. The Hall–Kier alpha value is -5.09. The highest BCUT2D eigenvalue weighted by molar-refractivity contribution is 7.92. The quantitative estimate of drug-likeness (QED) is 0.221. The maximum atomic E-state index is 13.3. The monoisotopic (exact) mass is 594 g/mol. The summed E-state index contributed by atoms with van der Waals surface area (Å²) in [5.74, 6) is 0.587. The lowest BCUT2D eigenvalue weighted by molar-refractivity contribution is 0.0964. The average Bonchev–Trinajstić information content (AvgIpc) is 3.61. The highest BCUT2D eigenvalue weighted by atomic mass is 32.2. The zero-order valence-electron chi connectivity index (χ0n) is 24.3. The van der Waals surface area contributed by atoms with Crippen molar-refractivity contribution in [2.24, 2.45) is 0 Å². The smallest absolute Gasteiger partial charge is 0.255 e. The molecule has 6 aromatic rings. The Kier molecular flexibility index (Phi) is 6.94. The van der Waals surface area contributed by atoms with Crippen molar-refractivity contribution in [3.63, 3.8) is 0 Å². The maximum absolute atomic E-state index is 13.3. The molecule has 0 saturated heterocycles. The van der Waals surface area contributed by atoms with Gasteiger partial charge in [0.15, 0.2) is 0 Å². The van der Waals surface area contributed by atoms with Crippen LogP contribution in [0.3, 0.4) is 0 Å². The number of amides is 1. The van der Waals surface area contributed by atoms with E-state index in [1.807, 2.05) is 67.6 Å². The first-order valence-corrected chi connectivity index (χ1v) is 15.4. The van der Waals surface area contributed by atoms with Crippen LogP contribution >= 0.6 is 0 Å². The van der Waals surface area contributed by atoms with Gasteiger partial charge in [0.2, 0.25) is 10.0 Å². The highest BCUT2D eigenvalue weighted by Gasteiger charge is 2.26. The molecule has 0 aliphatic rings. The van der Waals surface area contributed by atoms with Gasteiger partial charge in [0.05, 0.1) is 41.7 Å². The standard InChI is InChI=1S/C33H30N4O5S/c1-19-10-12-20(13-11-19)32-31(33(38)34-2)24-17-23(29(18-30(24)42-32)37(3)43(5,39)40)26-15-22(41-4)16-28(36-26)27-14-21-8-6-7-9-25(21)35-27/h6-18,35H,1-5H3,(H,34,38). The summed E-state index contributed by atoms with van der Waals surface area (Å²) in [6.07, 6.45) is 1.13. The van der Waals surface area contributed by atoms with Gasteiger partial charge in [0.1, 0.15) is 17.1 Å². The van der Waals surface area contributed by atoms with E-state index in [0.717, 1.165) is 34.0 Å². The van der Waals surface area contributed by atoms with Gasteiger partial charge in [-0.2, -0.15) is 0 Å². The van der Waals surface area contributed by atoms with Gasteiger partial charge < -0.3 is 19.5 Å². The van der Waals surface area contributed by atoms with Crippen molar-refractivity contribution in [2.75, 3.05) is 31.8 Å². The lowest BCUT2D eigenvalue weighted by Crippen LogP contribution is -2.25. The zero-order valence-corrected chi connectivity index (χ0v) is 25.2. The number of fused-ring (bicyclic) bond motifs is 2. The predicted molar refractivity (Wildman–Crippen MR) is 170 cm³/mol. The summed E-state index contributed by atoms with van der Waals surface area (Å²) in [7, 11) is 0.913. The van der Waals surface area contributed by atoms with Crippen LogP contribution in [0.2, 0.25) is 0 Å². The Bertz CT molecular complexity index is 2100. The van der Waals surface area contributed by atoms with Gasteiger partial charge >= 0.3 is 0 Å². The molecule has 10 heteroatoms. The first-order valence-electron chi connectivity index (χ1n) is 13.6. The Labute approximate surface area is 249 Å². The Morgan fingerprint density at radius 2 is 1.72 bits per heavy atom. The molecule has 0 unspecified atom stereocenters. The molecule has 0 aliphatic heterocycles. The Morgan fingerprint density at radius 1 is 1.00 bits per heavy atom. The summed E-state index contributed by atoms with van der Waals surface area (Å²) in [4.78, 5) is 21.6. The third kappa shape index (κ3) is 5.10. The number of para-hydroxylation sites is 1. The first kappa shape index (κ1) is 28.0. The highest BCUT2D eigenvalue weighted by Crippen LogP contribution is 2.42. The maximum Gasteiger partial charge on any atom is 0.255 e. The van der Waals surface area contributed by atoms with Crippen LogP contribution in [0, 0.1) is 6.92 Å². The average molecular weight is 595 g/mol. The zero-order chi connectivity index (χ0) is 30.5. The van der Waals surface area contributed by atoms with Crippen LogP contribution in [0.25, 0.3) is 55.8 Å². The van der Waals surface area contributed by atoms with Gasteiger partial charge in [0, 0.05) is 59.7 Å². The summed E-state index contributed by atoms with van der Waals surface area (Å²) in [6, 6.07) is 24.5. The van der Waals surface area contributed by atoms with Crippen molar-refractivity contribution in [3.05, 3.63) is 90.0 Å². The molecule has 43 heavy (non-hydrogen) atoms. The summed E-state index contributed by atoms with van der Waals surface area (Å²) in [5, 5.41) is 4.27. The topological polar surface area (TPSA) is 118 Å². The molecule has 0 atom stereocenters. The van der Waals surface area contributed by atoms with Crippen LogP contribution in [0.5, 0.6) is 5.75 Å². The fourth-order valence-electron chi connectivity index (χ4n) is 5.15. The lowest BCUT2D eigenvalue weighted by Gasteiger charge is -2.21. The van der Waals surface area contributed by atoms with Crippen LogP contribution < -0.4 is 14.4 Å². The van der Waals surface area contributed by atoms with Crippen molar-refractivity contribution in [3.8, 4) is 39.7 Å². The van der Waals surface area contributed by atoms with E-state index in [1.165, 1.54) is 11.4 Å². The van der Waals surface area contributed by atoms with Crippen LogP contribution in [-0.4, -0.2) is 51.8 Å². The number of anilines is 1. The summed E-state index contributed by atoms with van der Waals surface area (Å²) in [6.45, 7) is 1.98. The van der Waals surface area contributed by atoms with Gasteiger partial charge in [-0.3, -0.25) is 9.10 Å². The van der Waals surface area contributed by atoms with Crippen molar-refractivity contribution in [2.45, 2.75) is 6.92 Å². The third-order valence-electron chi connectivity index (χ3n) is 7.53. The Balaban J connectivity index is 1.64. The minimum Gasteiger partial charge on any atom is -0.497 e. The second-order valence-corrected chi connectivity index (χ2v) is 12.4. The number of carbonyl (C=O) groups excluding carboxylic acids is 1. The van der Waals surface area contributed by atoms with E-state index in [1.54, 1.807) is 32.4 Å². The fraction of sp³-hybridized carbons (Fsp3) is 0.152. The number of benzene rings is 3. The van der Waals surface area contributed by atoms with Crippen LogP contribution in [0.4, 0.5) is 5.69 Å². The number of aryl methyl sites for hydroxylation is 1. The van der Waals surface area contributed by atoms with Gasteiger partial charge in [-0.1, -0.05) is 48.0 Å². The van der Waals surface area contributed by atoms with Crippen molar-refractivity contribution < 1.29 is 22.4 Å². The number of pyridine rings is 1. The molecule has 1 amide bonds. The third-order valence-corrected chi connectivity index (χ3v) is 8.72. The number of furan rings is 1. The number of rotatable bonds is 7. The molecule has 3 aromatic heterocycles. The van der Waals surface area contributed by atoms with Gasteiger partial charge in [0.25, 0.3) is 5.91 Å². The molecule has 6 rings (SSSR count). The predicted octanol–water partition coefficient (Wildman–Crippen LogP) is 6.38. The number of hydrogen-bond donors (Lipinski definition) is 2. The molecule has 0 spiro atoms. The number of H-pyrrole nitrogens is 1. The van der Waals surface area contributed by atoms with Crippen LogP contribution in [-0.2, 0) is 10.0 Å². The molecule has 0 bridgehead atoms. The number of aromatic nitrogens is 2. The van der Waals surface area contributed by atoms with Crippen molar-refractivity contribution in [1.29, 1.82) is 0 Å².